The van der Waals surface area contributed by atoms with Gasteiger partial charge < -0.3 is 5.32 Å². The fourth-order valence-corrected chi connectivity index (χ4v) is 5.69. The summed E-state index contributed by atoms with van der Waals surface area (Å²) in [5, 5.41) is 4.28. The van der Waals surface area contributed by atoms with Gasteiger partial charge in [0.05, 0.1) is 10.2 Å². The number of carbonyl (C=O) groups excluding carboxylic acids is 1. The molecule has 29 heavy (non-hydrogen) atoms. The SMILES string of the molecule is Cc1cccc(C(=O)Nc2ccc3nc(SCc4c(Cl)cccc4Cl)sc3c2)c1. The zero-order valence-electron chi connectivity index (χ0n) is 15.4. The van der Waals surface area contributed by atoms with Crippen LogP contribution in [-0.4, -0.2) is 10.9 Å². The first kappa shape index (κ1) is 20.2. The third-order valence-corrected chi connectivity index (χ3v) is 7.20. The van der Waals surface area contributed by atoms with Gasteiger partial charge in [-0.25, -0.2) is 4.98 Å². The van der Waals surface area contributed by atoms with Gasteiger partial charge in [0, 0.05) is 27.0 Å². The standard InChI is InChI=1S/C22H16Cl2N2OS2/c1-13-4-2-5-14(10-13)21(27)25-15-8-9-19-20(11-15)29-22(26-19)28-12-16-17(23)6-3-7-18(16)24/h2-11H,12H2,1H3,(H,25,27). The van der Waals surface area contributed by atoms with Crippen LogP contribution in [0.1, 0.15) is 21.5 Å². The van der Waals surface area contributed by atoms with E-state index in [0.29, 0.717) is 21.4 Å². The van der Waals surface area contributed by atoms with Crippen LogP contribution in [-0.2, 0) is 5.75 Å². The number of fused-ring (bicyclic) bond motifs is 1. The first-order valence-corrected chi connectivity index (χ1v) is 11.4. The Kier molecular flexibility index (Phi) is 6.11. The average molecular weight is 459 g/mol. The van der Waals surface area contributed by atoms with E-state index in [9.17, 15) is 4.79 Å². The third kappa shape index (κ3) is 4.75. The number of nitrogens with one attached hydrogen (secondary N) is 1. The second kappa shape index (κ2) is 8.76. The van der Waals surface area contributed by atoms with Gasteiger partial charge in [-0.05, 0) is 55.0 Å². The van der Waals surface area contributed by atoms with E-state index < -0.39 is 0 Å². The van der Waals surface area contributed by atoms with Crippen molar-refractivity contribution in [1.29, 1.82) is 0 Å². The van der Waals surface area contributed by atoms with Crippen LogP contribution in [0.5, 0.6) is 0 Å². The molecule has 0 fully saturated rings. The maximum atomic E-state index is 12.5. The lowest BCUT2D eigenvalue weighted by atomic mass is 10.1. The number of halogens is 2. The van der Waals surface area contributed by atoms with Crippen molar-refractivity contribution in [3.05, 3.63) is 87.4 Å². The Morgan fingerprint density at radius 1 is 1.07 bits per heavy atom. The normalized spacial score (nSPS) is 11.0. The molecule has 3 aromatic carbocycles. The summed E-state index contributed by atoms with van der Waals surface area (Å²) in [5.74, 6) is 0.524. The number of thioether (sulfide) groups is 1. The van der Waals surface area contributed by atoms with Gasteiger partial charge in [0.15, 0.2) is 4.34 Å². The van der Waals surface area contributed by atoms with E-state index in [0.717, 1.165) is 31.4 Å². The molecule has 0 aliphatic carbocycles. The molecule has 0 bridgehead atoms. The van der Waals surface area contributed by atoms with Crippen LogP contribution in [0.2, 0.25) is 10.0 Å². The summed E-state index contributed by atoms with van der Waals surface area (Å²) < 4.78 is 1.94. The van der Waals surface area contributed by atoms with E-state index in [-0.39, 0.29) is 5.91 Å². The van der Waals surface area contributed by atoms with Crippen LogP contribution >= 0.6 is 46.3 Å². The quantitative estimate of drug-likeness (QED) is 0.315. The number of aromatic nitrogens is 1. The molecule has 0 spiro atoms. The van der Waals surface area contributed by atoms with E-state index >= 15 is 0 Å². The number of rotatable bonds is 5. The van der Waals surface area contributed by atoms with Crippen molar-refractivity contribution in [1.82, 2.24) is 4.98 Å². The van der Waals surface area contributed by atoms with Gasteiger partial charge in [-0.3, -0.25) is 4.79 Å². The highest BCUT2D eigenvalue weighted by atomic mass is 35.5. The van der Waals surface area contributed by atoms with Crippen molar-refractivity contribution in [3.8, 4) is 0 Å². The molecule has 1 N–H and O–H groups in total. The third-order valence-electron chi connectivity index (χ3n) is 4.31. The van der Waals surface area contributed by atoms with Crippen LogP contribution in [0.4, 0.5) is 5.69 Å². The molecule has 3 nitrogen and oxygen atoms in total. The van der Waals surface area contributed by atoms with Crippen molar-refractivity contribution in [2.75, 3.05) is 5.32 Å². The van der Waals surface area contributed by atoms with Gasteiger partial charge in [0.25, 0.3) is 5.91 Å². The predicted octanol–water partition coefficient (Wildman–Crippen LogP) is 7.46. The lowest BCUT2D eigenvalue weighted by Gasteiger charge is -2.05. The Hall–Kier alpha value is -2.05. The van der Waals surface area contributed by atoms with Crippen LogP contribution in [0, 0.1) is 6.92 Å². The number of carbonyl (C=O) groups is 1. The van der Waals surface area contributed by atoms with E-state index in [2.05, 4.69) is 10.3 Å². The fraction of sp³-hybridized carbons (Fsp3) is 0.0909. The highest BCUT2D eigenvalue weighted by Gasteiger charge is 2.11. The van der Waals surface area contributed by atoms with Gasteiger partial charge in [-0.15, -0.1) is 11.3 Å². The average Bonchev–Trinajstić information content (AvgIpc) is 3.09. The Morgan fingerprint density at radius 3 is 2.59 bits per heavy atom. The molecule has 1 aromatic heterocycles. The molecule has 4 rings (SSSR count). The number of thiazole rings is 1. The molecular weight excluding hydrogens is 443 g/mol. The zero-order valence-corrected chi connectivity index (χ0v) is 18.6. The molecule has 4 aromatic rings. The number of amides is 1. The van der Waals surface area contributed by atoms with E-state index in [4.69, 9.17) is 23.2 Å². The summed E-state index contributed by atoms with van der Waals surface area (Å²) in [6.45, 7) is 1.97. The van der Waals surface area contributed by atoms with Crippen molar-refractivity contribution in [3.63, 3.8) is 0 Å². The van der Waals surface area contributed by atoms with Gasteiger partial charge >= 0.3 is 0 Å². The fourth-order valence-electron chi connectivity index (χ4n) is 2.84. The zero-order chi connectivity index (χ0) is 20.4. The van der Waals surface area contributed by atoms with Crippen LogP contribution in [0.15, 0.2) is 65.0 Å². The molecule has 0 radical (unpaired) electrons. The molecule has 0 saturated heterocycles. The van der Waals surface area contributed by atoms with Crippen LogP contribution < -0.4 is 5.32 Å². The maximum absolute atomic E-state index is 12.5. The molecule has 0 aliphatic heterocycles. The van der Waals surface area contributed by atoms with E-state index in [1.165, 1.54) is 0 Å². The predicted molar refractivity (Wildman–Crippen MR) is 125 cm³/mol. The number of hydrogen-bond donors (Lipinski definition) is 1. The van der Waals surface area contributed by atoms with Crippen LogP contribution in [0.3, 0.4) is 0 Å². The van der Waals surface area contributed by atoms with Crippen molar-refractivity contribution in [2.45, 2.75) is 17.0 Å². The molecule has 0 unspecified atom stereocenters. The van der Waals surface area contributed by atoms with Crippen molar-refractivity contribution in [2.24, 2.45) is 0 Å². The molecule has 1 heterocycles. The molecule has 1 amide bonds. The number of aryl methyl sites for hydroxylation is 1. The Labute approximate surface area is 187 Å². The lowest BCUT2D eigenvalue weighted by molar-refractivity contribution is 0.102. The molecule has 146 valence electrons. The lowest BCUT2D eigenvalue weighted by Crippen LogP contribution is -2.11. The summed E-state index contributed by atoms with van der Waals surface area (Å²) in [6, 6.07) is 18.8. The first-order valence-electron chi connectivity index (χ1n) is 8.84. The van der Waals surface area contributed by atoms with Crippen LogP contribution in [0.25, 0.3) is 10.2 Å². The topological polar surface area (TPSA) is 42.0 Å². The summed E-state index contributed by atoms with van der Waals surface area (Å²) >= 11 is 15.7. The maximum Gasteiger partial charge on any atom is 0.255 e. The summed E-state index contributed by atoms with van der Waals surface area (Å²) in [6.07, 6.45) is 0. The summed E-state index contributed by atoms with van der Waals surface area (Å²) in [7, 11) is 0. The highest BCUT2D eigenvalue weighted by molar-refractivity contribution is 8.00. The molecule has 7 heteroatoms. The smallest absolute Gasteiger partial charge is 0.255 e. The first-order chi connectivity index (χ1) is 14.0. The van der Waals surface area contributed by atoms with Crippen molar-refractivity contribution < 1.29 is 4.79 Å². The highest BCUT2D eigenvalue weighted by Crippen LogP contribution is 2.36. The molecule has 0 atom stereocenters. The number of nitrogens with zero attached hydrogens (tertiary/aromatic N) is 1. The van der Waals surface area contributed by atoms with Gasteiger partial charge in [0.2, 0.25) is 0 Å². The van der Waals surface area contributed by atoms with Crippen molar-refractivity contribution >= 4 is 68.1 Å². The molecule has 0 saturated carbocycles. The summed E-state index contributed by atoms with van der Waals surface area (Å²) in [4.78, 5) is 17.1. The van der Waals surface area contributed by atoms with Gasteiger partial charge in [0.1, 0.15) is 0 Å². The molecule has 0 aliphatic rings. The van der Waals surface area contributed by atoms with Gasteiger partial charge in [-0.2, -0.15) is 0 Å². The summed E-state index contributed by atoms with van der Waals surface area (Å²) in [5.41, 5.74) is 4.25. The minimum absolute atomic E-state index is 0.125. The Morgan fingerprint density at radius 2 is 1.83 bits per heavy atom. The Balaban J connectivity index is 1.49. The number of anilines is 1. The Bertz CT molecular complexity index is 1190. The van der Waals surface area contributed by atoms with E-state index in [1.54, 1.807) is 23.1 Å². The minimum Gasteiger partial charge on any atom is -0.322 e. The number of hydrogen-bond acceptors (Lipinski definition) is 4. The molecular formula is C22H16Cl2N2OS2. The second-order valence-corrected chi connectivity index (χ2v) is 9.54. The number of benzene rings is 3. The van der Waals surface area contributed by atoms with E-state index in [1.807, 2.05) is 67.6 Å². The second-order valence-electron chi connectivity index (χ2n) is 6.47. The largest absolute Gasteiger partial charge is 0.322 e. The minimum atomic E-state index is -0.125. The monoisotopic (exact) mass is 458 g/mol. The van der Waals surface area contributed by atoms with Gasteiger partial charge in [-0.1, -0.05) is 58.7 Å².